The largest absolute Gasteiger partial charge is 0.465 e. The fourth-order valence-corrected chi connectivity index (χ4v) is 1.67. The summed E-state index contributed by atoms with van der Waals surface area (Å²) >= 11 is 0. The highest BCUT2D eigenvalue weighted by atomic mass is 16.4. The van der Waals surface area contributed by atoms with Crippen molar-refractivity contribution >= 4 is 6.09 Å². The van der Waals surface area contributed by atoms with Crippen LogP contribution in [0, 0.1) is 0 Å². The lowest BCUT2D eigenvalue weighted by Crippen LogP contribution is -2.37. The summed E-state index contributed by atoms with van der Waals surface area (Å²) in [4.78, 5) is 14.0. The molecule has 0 saturated carbocycles. The Morgan fingerprint density at radius 3 is 2.54 bits per heavy atom. The molecule has 0 aromatic rings. The van der Waals surface area contributed by atoms with E-state index in [0.29, 0.717) is 6.54 Å². The molecule has 0 aliphatic carbocycles. The minimum Gasteiger partial charge on any atom is -0.465 e. The van der Waals surface area contributed by atoms with Gasteiger partial charge in [-0.2, -0.15) is 0 Å². The van der Waals surface area contributed by atoms with Gasteiger partial charge in [0.05, 0.1) is 12.6 Å². The molecule has 76 valence electrons. The number of rotatable bonds is 2. The number of carbonyl (C=O) groups is 1. The smallest absolute Gasteiger partial charge is 0.407 e. The third-order valence-electron chi connectivity index (χ3n) is 2.58. The molecule has 2 atom stereocenters. The minimum atomic E-state index is -0.941. The molecule has 1 aliphatic heterocycles. The zero-order valence-corrected chi connectivity index (χ0v) is 7.97. The Hall–Kier alpha value is -0.810. The Bertz CT molecular complexity index is 196. The van der Waals surface area contributed by atoms with Crippen molar-refractivity contribution < 1.29 is 15.0 Å². The van der Waals surface area contributed by atoms with Crippen LogP contribution in [0.4, 0.5) is 4.79 Å². The number of likely N-dealkylation sites (N-methyl/N-ethyl adjacent to an activating group) is 1. The summed E-state index contributed by atoms with van der Waals surface area (Å²) < 4.78 is 0. The maximum absolute atomic E-state index is 10.7. The summed E-state index contributed by atoms with van der Waals surface area (Å²) in [5, 5.41) is 17.8. The zero-order chi connectivity index (χ0) is 10.0. The maximum Gasteiger partial charge on any atom is 0.407 e. The lowest BCUT2D eigenvalue weighted by molar-refractivity contribution is 0.117. The van der Waals surface area contributed by atoms with Crippen molar-refractivity contribution in [3.8, 4) is 0 Å². The van der Waals surface area contributed by atoms with E-state index < -0.39 is 6.09 Å². The molecule has 1 aliphatic rings. The number of amides is 1. The third kappa shape index (κ3) is 2.10. The maximum atomic E-state index is 10.7. The van der Waals surface area contributed by atoms with Gasteiger partial charge in [0.2, 0.25) is 0 Å². The third-order valence-corrected chi connectivity index (χ3v) is 2.58. The summed E-state index contributed by atoms with van der Waals surface area (Å²) in [6.07, 6.45) is -0.223. The number of nitrogens with zero attached hydrogens (tertiary/aromatic N) is 2. The van der Waals surface area contributed by atoms with Gasteiger partial charge < -0.3 is 20.0 Å². The topological polar surface area (TPSA) is 64.0 Å². The van der Waals surface area contributed by atoms with Crippen molar-refractivity contribution in [2.24, 2.45) is 0 Å². The lowest BCUT2D eigenvalue weighted by atomic mass is 10.2. The second-order valence-corrected chi connectivity index (χ2v) is 3.62. The van der Waals surface area contributed by atoms with Crippen molar-refractivity contribution in [1.29, 1.82) is 0 Å². The second kappa shape index (κ2) is 3.93. The minimum absolute atomic E-state index is 0.0867. The van der Waals surface area contributed by atoms with Gasteiger partial charge in [-0.3, -0.25) is 0 Å². The van der Waals surface area contributed by atoms with E-state index in [9.17, 15) is 4.79 Å². The lowest BCUT2D eigenvalue weighted by Gasteiger charge is -2.19. The average molecular weight is 188 g/mol. The highest BCUT2D eigenvalue weighted by Gasteiger charge is 2.35. The first-order valence-electron chi connectivity index (χ1n) is 4.33. The molecule has 1 amide bonds. The molecule has 0 aromatic heterocycles. The molecule has 1 saturated heterocycles. The van der Waals surface area contributed by atoms with Crippen LogP contribution in [0.2, 0.25) is 0 Å². The number of hydrogen-bond acceptors (Lipinski definition) is 3. The van der Waals surface area contributed by atoms with Crippen LogP contribution >= 0.6 is 0 Å². The fraction of sp³-hybridized carbons (Fsp3) is 0.875. The van der Waals surface area contributed by atoms with Gasteiger partial charge in [-0.25, -0.2) is 4.79 Å². The van der Waals surface area contributed by atoms with E-state index in [1.807, 2.05) is 19.0 Å². The fourth-order valence-electron chi connectivity index (χ4n) is 1.67. The van der Waals surface area contributed by atoms with Crippen molar-refractivity contribution in [3.63, 3.8) is 0 Å². The van der Waals surface area contributed by atoms with Crippen LogP contribution in [0.5, 0.6) is 0 Å². The highest BCUT2D eigenvalue weighted by molar-refractivity contribution is 5.66. The van der Waals surface area contributed by atoms with Crippen molar-refractivity contribution in [1.82, 2.24) is 9.80 Å². The summed E-state index contributed by atoms with van der Waals surface area (Å²) in [6.45, 7) is 0.407. The SMILES string of the molecule is CN(C)[C@H]1C[C@@H](CO)N(C(=O)O)C1. The molecule has 0 unspecified atom stereocenters. The first-order valence-corrected chi connectivity index (χ1v) is 4.33. The van der Waals surface area contributed by atoms with Crippen molar-refractivity contribution in [2.75, 3.05) is 27.2 Å². The van der Waals surface area contributed by atoms with Crippen LogP contribution in [0.1, 0.15) is 6.42 Å². The molecular formula is C8H16N2O3. The molecule has 13 heavy (non-hydrogen) atoms. The number of hydrogen-bond donors (Lipinski definition) is 2. The number of aliphatic hydroxyl groups is 1. The van der Waals surface area contributed by atoms with E-state index in [1.165, 1.54) is 4.90 Å². The van der Waals surface area contributed by atoms with Gasteiger partial charge in [0.25, 0.3) is 0 Å². The molecule has 1 rings (SSSR count). The van der Waals surface area contributed by atoms with Crippen LogP contribution in [0.15, 0.2) is 0 Å². The van der Waals surface area contributed by atoms with Crippen LogP contribution in [-0.2, 0) is 0 Å². The molecule has 5 heteroatoms. The Morgan fingerprint density at radius 2 is 2.23 bits per heavy atom. The van der Waals surface area contributed by atoms with Gasteiger partial charge in [0.15, 0.2) is 0 Å². The summed E-state index contributed by atoms with van der Waals surface area (Å²) in [7, 11) is 3.84. The molecule has 0 aromatic carbocycles. The predicted molar refractivity (Wildman–Crippen MR) is 47.7 cm³/mol. The average Bonchev–Trinajstić information content (AvgIpc) is 2.47. The number of aliphatic hydroxyl groups excluding tert-OH is 1. The first kappa shape index (κ1) is 10.3. The Morgan fingerprint density at radius 1 is 1.62 bits per heavy atom. The Labute approximate surface area is 77.6 Å². The summed E-state index contributed by atoms with van der Waals surface area (Å²) in [5.41, 5.74) is 0. The van der Waals surface area contributed by atoms with Crippen LogP contribution in [0.3, 0.4) is 0 Å². The highest BCUT2D eigenvalue weighted by Crippen LogP contribution is 2.20. The Balaban J connectivity index is 2.61. The van der Waals surface area contributed by atoms with E-state index in [2.05, 4.69) is 0 Å². The van der Waals surface area contributed by atoms with Crippen molar-refractivity contribution in [3.05, 3.63) is 0 Å². The molecule has 1 fully saturated rings. The first-order chi connectivity index (χ1) is 6.06. The van der Waals surface area contributed by atoms with Crippen LogP contribution in [0.25, 0.3) is 0 Å². The molecular weight excluding hydrogens is 172 g/mol. The van der Waals surface area contributed by atoms with E-state index >= 15 is 0 Å². The van der Waals surface area contributed by atoms with Gasteiger partial charge in [-0.05, 0) is 20.5 Å². The van der Waals surface area contributed by atoms with E-state index in [1.54, 1.807) is 0 Å². The number of carboxylic acid groups (broad SMARTS) is 1. The molecule has 1 heterocycles. The number of likely N-dealkylation sites (tertiary alicyclic amines) is 1. The monoisotopic (exact) mass is 188 g/mol. The zero-order valence-electron chi connectivity index (χ0n) is 7.97. The van der Waals surface area contributed by atoms with E-state index in [-0.39, 0.29) is 18.7 Å². The second-order valence-electron chi connectivity index (χ2n) is 3.62. The van der Waals surface area contributed by atoms with E-state index in [0.717, 1.165) is 6.42 Å². The molecule has 5 nitrogen and oxygen atoms in total. The van der Waals surface area contributed by atoms with Crippen LogP contribution < -0.4 is 0 Å². The quantitative estimate of drug-likeness (QED) is 0.622. The van der Waals surface area contributed by atoms with Gasteiger partial charge in [0.1, 0.15) is 0 Å². The van der Waals surface area contributed by atoms with Crippen LogP contribution in [-0.4, -0.2) is 65.4 Å². The molecule has 2 N–H and O–H groups in total. The summed E-state index contributed by atoms with van der Waals surface area (Å²) in [5.74, 6) is 0. The molecule has 0 radical (unpaired) electrons. The van der Waals surface area contributed by atoms with Gasteiger partial charge in [-0.1, -0.05) is 0 Å². The summed E-state index contributed by atoms with van der Waals surface area (Å²) in [6, 6.07) is -0.00171. The standard InChI is InChI=1S/C8H16N2O3/c1-9(2)6-3-7(5-11)10(4-6)8(12)13/h6-7,11H,3-5H2,1-2H3,(H,12,13)/t6-,7-/m0/s1. The van der Waals surface area contributed by atoms with Gasteiger partial charge >= 0.3 is 6.09 Å². The van der Waals surface area contributed by atoms with E-state index in [4.69, 9.17) is 10.2 Å². The van der Waals surface area contributed by atoms with Crippen molar-refractivity contribution in [2.45, 2.75) is 18.5 Å². The normalized spacial score (nSPS) is 28.5. The molecule has 0 bridgehead atoms. The molecule has 0 spiro atoms. The van der Waals surface area contributed by atoms with Gasteiger partial charge in [0, 0.05) is 12.6 Å². The van der Waals surface area contributed by atoms with Gasteiger partial charge in [-0.15, -0.1) is 0 Å². The predicted octanol–water partition coefficient (Wildman–Crippen LogP) is -0.339. The Kier molecular flexibility index (Phi) is 3.11.